The molecule has 88 valence electrons. The first-order chi connectivity index (χ1) is 7.72. The Hall–Kier alpha value is -1.29. The Morgan fingerprint density at radius 1 is 1.31 bits per heavy atom. The lowest BCUT2D eigenvalue weighted by molar-refractivity contribution is 0.386. The van der Waals surface area contributed by atoms with Crippen LogP contribution in [0.15, 0.2) is 12.1 Å². The molecule has 1 aliphatic heterocycles. The van der Waals surface area contributed by atoms with Gasteiger partial charge in [0.25, 0.3) is 0 Å². The summed E-state index contributed by atoms with van der Waals surface area (Å²) in [4.78, 5) is 2.26. The van der Waals surface area contributed by atoms with Gasteiger partial charge >= 0.3 is 0 Å². The van der Waals surface area contributed by atoms with Gasteiger partial charge in [-0.3, -0.25) is 0 Å². The molecule has 0 unspecified atom stereocenters. The minimum absolute atomic E-state index is 0.293. The summed E-state index contributed by atoms with van der Waals surface area (Å²) in [5.41, 5.74) is 2.03. The molecular weight excluding hydrogens is 207 g/mol. The average Bonchev–Trinajstić information content (AvgIpc) is 2.30. The van der Waals surface area contributed by atoms with E-state index in [4.69, 9.17) is 4.74 Å². The topological polar surface area (TPSA) is 24.5 Å². The summed E-state index contributed by atoms with van der Waals surface area (Å²) in [5.74, 6) is 0.0259. The molecule has 0 radical (unpaired) electrons. The molecular formula is C12H17FN2O. The second kappa shape index (κ2) is 4.70. The summed E-state index contributed by atoms with van der Waals surface area (Å²) in [6, 6.07) is 3.33. The van der Waals surface area contributed by atoms with Crippen molar-refractivity contribution in [1.82, 2.24) is 5.32 Å². The summed E-state index contributed by atoms with van der Waals surface area (Å²) in [7, 11) is 1.50. The van der Waals surface area contributed by atoms with E-state index < -0.39 is 0 Å². The van der Waals surface area contributed by atoms with E-state index in [9.17, 15) is 4.39 Å². The summed E-state index contributed by atoms with van der Waals surface area (Å²) < 4.78 is 18.5. The van der Waals surface area contributed by atoms with Crippen LogP contribution in [-0.2, 0) is 0 Å². The second-order valence-electron chi connectivity index (χ2n) is 4.01. The Labute approximate surface area is 95.2 Å². The Kier molecular flexibility index (Phi) is 3.29. The normalized spacial score (nSPS) is 16.3. The van der Waals surface area contributed by atoms with Crippen molar-refractivity contribution in [3.05, 3.63) is 23.5 Å². The monoisotopic (exact) mass is 224 g/mol. The maximum Gasteiger partial charge on any atom is 0.165 e. The summed E-state index contributed by atoms with van der Waals surface area (Å²) in [5, 5.41) is 3.30. The minimum Gasteiger partial charge on any atom is -0.494 e. The number of benzene rings is 1. The van der Waals surface area contributed by atoms with Gasteiger partial charge in [-0.2, -0.15) is 0 Å². The number of ether oxygens (including phenoxy) is 1. The molecule has 0 bridgehead atoms. The zero-order valence-electron chi connectivity index (χ0n) is 9.72. The van der Waals surface area contributed by atoms with Crippen molar-refractivity contribution in [2.45, 2.75) is 6.92 Å². The molecule has 0 saturated carbocycles. The number of nitrogens with one attached hydrogen (secondary N) is 1. The Morgan fingerprint density at radius 3 is 2.62 bits per heavy atom. The molecule has 1 fully saturated rings. The SMILES string of the molecule is COc1cc(N2CCNCC2)c(C)cc1F. The number of anilines is 1. The molecule has 0 aliphatic carbocycles. The molecule has 16 heavy (non-hydrogen) atoms. The van der Waals surface area contributed by atoms with Crippen molar-refractivity contribution < 1.29 is 9.13 Å². The van der Waals surface area contributed by atoms with Crippen molar-refractivity contribution in [3.63, 3.8) is 0 Å². The fraction of sp³-hybridized carbons (Fsp3) is 0.500. The Morgan fingerprint density at radius 2 is 2.00 bits per heavy atom. The molecule has 1 aromatic carbocycles. The van der Waals surface area contributed by atoms with Crippen LogP contribution < -0.4 is 15.0 Å². The van der Waals surface area contributed by atoms with Gasteiger partial charge < -0.3 is 15.0 Å². The third kappa shape index (κ3) is 2.11. The molecule has 1 saturated heterocycles. The molecule has 0 atom stereocenters. The van der Waals surface area contributed by atoms with Crippen LogP contribution in [0.2, 0.25) is 0 Å². The molecule has 0 aromatic heterocycles. The van der Waals surface area contributed by atoms with Crippen molar-refractivity contribution in [2.75, 3.05) is 38.2 Å². The number of halogens is 1. The van der Waals surface area contributed by atoms with E-state index in [1.807, 2.05) is 6.92 Å². The standard InChI is InChI=1S/C12H17FN2O/c1-9-7-10(13)12(16-2)8-11(9)15-5-3-14-4-6-15/h7-8,14H,3-6H2,1-2H3. The molecule has 0 spiro atoms. The van der Waals surface area contributed by atoms with Gasteiger partial charge in [0.05, 0.1) is 7.11 Å². The van der Waals surface area contributed by atoms with Crippen LogP contribution in [0.1, 0.15) is 5.56 Å². The van der Waals surface area contributed by atoms with Gasteiger partial charge in [-0.05, 0) is 18.6 Å². The van der Waals surface area contributed by atoms with E-state index in [-0.39, 0.29) is 5.82 Å². The van der Waals surface area contributed by atoms with E-state index in [1.165, 1.54) is 13.2 Å². The molecule has 1 heterocycles. The van der Waals surface area contributed by atoms with Crippen molar-refractivity contribution in [1.29, 1.82) is 0 Å². The van der Waals surface area contributed by atoms with Gasteiger partial charge in [-0.25, -0.2) is 4.39 Å². The van der Waals surface area contributed by atoms with Gasteiger partial charge in [-0.1, -0.05) is 0 Å². The third-order valence-electron chi connectivity index (χ3n) is 2.93. The molecule has 4 heteroatoms. The average molecular weight is 224 g/mol. The minimum atomic E-state index is -0.293. The zero-order chi connectivity index (χ0) is 11.5. The number of nitrogens with zero attached hydrogens (tertiary/aromatic N) is 1. The van der Waals surface area contributed by atoms with Crippen LogP contribution in [0.25, 0.3) is 0 Å². The number of hydrogen-bond donors (Lipinski definition) is 1. The lowest BCUT2D eigenvalue weighted by Gasteiger charge is -2.31. The predicted octanol–water partition coefficient (Wildman–Crippen LogP) is 1.55. The van der Waals surface area contributed by atoms with E-state index in [1.54, 1.807) is 6.07 Å². The number of methoxy groups -OCH3 is 1. The fourth-order valence-corrected chi connectivity index (χ4v) is 2.04. The number of hydrogen-bond acceptors (Lipinski definition) is 3. The largest absolute Gasteiger partial charge is 0.494 e. The summed E-state index contributed by atoms with van der Waals surface area (Å²) >= 11 is 0. The van der Waals surface area contributed by atoms with Crippen molar-refractivity contribution in [3.8, 4) is 5.75 Å². The highest BCUT2D eigenvalue weighted by atomic mass is 19.1. The maximum absolute atomic E-state index is 13.4. The van der Waals surface area contributed by atoms with Gasteiger partial charge in [0.1, 0.15) is 0 Å². The first-order valence-corrected chi connectivity index (χ1v) is 5.52. The first kappa shape index (κ1) is 11.2. The van der Waals surface area contributed by atoms with Crippen LogP contribution in [0.4, 0.5) is 10.1 Å². The van der Waals surface area contributed by atoms with Crippen molar-refractivity contribution in [2.24, 2.45) is 0 Å². The molecule has 3 nitrogen and oxygen atoms in total. The van der Waals surface area contributed by atoms with E-state index >= 15 is 0 Å². The quantitative estimate of drug-likeness (QED) is 0.825. The van der Waals surface area contributed by atoms with Crippen LogP contribution >= 0.6 is 0 Å². The molecule has 0 amide bonds. The van der Waals surface area contributed by atoms with E-state index in [0.717, 1.165) is 37.4 Å². The molecule has 1 aromatic rings. The Bertz CT molecular complexity index is 376. The highest BCUT2D eigenvalue weighted by molar-refractivity contribution is 5.57. The smallest absolute Gasteiger partial charge is 0.165 e. The number of piperazine rings is 1. The lowest BCUT2D eigenvalue weighted by Crippen LogP contribution is -2.43. The third-order valence-corrected chi connectivity index (χ3v) is 2.93. The van der Waals surface area contributed by atoms with Gasteiger partial charge in [0.2, 0.25) is 0 Å². The lowest BCUT2D eigenvalue weighted by atomic mass is 10.1. The summed E-state index contributed by atoms with van der Waals surface area (Å²) in [6.07, 6.45) is 0. The highest BCUT2D eigenvalue weighted by Crippen LogP contribution is 2.28. The predicted molar refractivity (Wildman–Crippen MR) is 62.8 cm³/mol. The molecule has 1 aliphatic rings. The highest BCUT2D eigenvalue weighted by Gasteiger charge is 2.15. The van der Waals surface area contributed by atoms with E-state index in [0.29, 0.717) is 5.75 Å². The Balaban J connectivity index is 2.31. The van der Waals surface area contributed by atoms with Crippen LogP contribution in [0.5, 0.6) is 5.75 Å². The molecule has 1 N–H and O–H groups in total. The van der Waals surface area contributed by atoms with Gasteiger partial charge in [0, 0.05) is 37.9 Å². The molecule has 2 rings (SSSR count). The summed E-state index contributed by atoms with van der Waals surface area (Å²) in [6.45, 7) is 5.78. The number of rotatable bonds is 2. The number of aryl methyl sites for hydroxylation is 1. The fourth-order valence-electron chi connectivity index (χ4n) is 2.04. The van der Waals surface area contributed by atoms with Gasteiger partial charge in [0.15, 0.2) is 11.6 Å². The van der Waals surface area contributed by atoms with Gasteiger partial charge in [-0.15, -0.1) is 0 Å². The van der Waals surface area contributed by atoms with Crippen molar-refractivity contribution >= 4 is 5.69 Å². The second-order valence-corrected chi connectivity index (χ2v) is 4.01. The zero-order valence-corrected chi connectivity index (χ0v) is 9.72. The van der Waals surface area contributed by atoms with Crippen LogP contribution in [0.3, 0.4) is 0 Å². The first-order valence-electron chi connectivity index (χ1n) is 5.52. The van der Waals surface area contributed by atoms with E-state index in [2.05, 4.69) is 10.2 Å². The van der Waals surface area contributed by atoms with Crippen LogP contribution in [0, 0.1) is 12.7 Å². The maximum atomic E-state index is 13.4. The van der Waals surface area contributed by atoms with Crippen LogP contribution in [-0.4, -0.2) is 33.3 Å².